The first kappa shape index (κ1) is 17.0. The number of nitrogens with two attached hydrogens (primary N) is 1. The van der Waals surface area contributed by atoms with Crippen LogP contribution >= 0.6 is 23.2 Å². The minimum absolute atomic E-state index is 0.108. The largest absolute Gasteiger partial charge is 0.372 e. The Kier molecular flexibility index (Phi) is 5.84. The van der Waals surface area contributed by atoms with Crippen LogP contribution < -0.4 is 15.2 Å². The molecule has 1 aromatic rings. The van der Waals surface area contributed by atoms with Crippen molar-refractivity contribution >= 4 is 33.4 Å². The molecule has 0 saturated carbocycles. The van der Waals surface area contributed by atoms with Crippen molar-refractivity contribution < 1.29 is 13.2 Å². The topological polar surface area (TPSA) is 93.5 Å². The summed E-state index contributed by atoms with van der Waals surface area (Å²) in [5, 5.41) is 9.08. The number of hydrogen-bond donors (Lipinski definition) is 3. The van der Waals surface area contributed by atoms with Gasteiger partial charge in [-0.1, -0.05) is 29.3 Å². The molecule has 9 heteroatoms. The third kappa shape index (κ3) is 5.07. The van der Waals surface area contributed by atoms with Crippen LogP contribution in [-0.4, -0.2) is 34.7 Å². The molecule has 4 N–H and O–H groups in total. The van der Waals surface area contributed by atoms with Crippen LogP contribution in [0.1, 0.15) is 11.7 Å². The van der Waals surface area contributed by atoms with Crippen molar-refractivity contribution in [2.45, 2.75) is 6.10 Å². The minimum atomic E-state index is -3.74. The molecule has 1 aliphatic rings. The van der Waals surface area contributed by atoms with Crippen molar-refractivity contribution in [2.24, 2.45) is 11.1 Å². The number of nitrogens with one attached hydrogen (secondary N) is 2. The molecule has 1 fully saturated rings. The van der Waals surface area contributed by atoms with Crippen molar-refractivity contribution in [3.8, 4) is 0 Å². The summed E-state index contributed by atoms with van der Waals surface area (Å²) in [6.45, 7) is 2.00. The van der Waals surface area contributed by atoms with E-state index in [4.69, 9.17) is 33.1 Å². The average molecular weight is 354 g/mol. The normalized spacial score (nSPS) is 23.8. The molecule has 0 amide bonds. The number of hydrogen-bond acceptors (Lipinski definition) is 4. The number of benzene rings is 1. The van der Waals surface area contributed by atoms with E-state index in [-0.39, 0.29) is 18.6 Å². The second-order valence-corrected chi connectivity index (χ2v) is 7.02. The van der Waals surface area contributed by atoms with Crippen molar-refractivity contribution in [1.29, 1.82) is 0 Å². The smallest absolute Gasteiger partial charge is 0.274 e. The highest BCUT2D eigenvalue weighted by Crippen LogP contribution is 2.31. The van der Waals surface area contributed by atoms with E-state index < -0.39 is 10.2 Å². The van der Waals surface area contributed by atoms with Gasteiger partial charge in [-0.05, 0) is 17.7 Å². The lowest BCUT2D eigenvalue weighted by Crippen LogP contribution is -2.39. The second-order valence-electron chi connectivity index (χ2n) is 4.82. The molecular formula is C12H17Cl2N3O3S. The van der Waals surface area contributed by atoms with Crippen LogP contribution in [0.3, 0.4) is 0 Å². The highest BCUT2D eigenvalue weighted by atomic mass is 35.5. The van der Waals surface area contributed by atoms with Gasteiger partial charge in [0, 0.05) is 25.6 Å². The van der Waals surface area contributed by atoms with Crippen LogP contribution in [0.5, 0.6) is 0 Å². The van der Waals surface area contributed by atoms with Gasteiger partial charge in [0.15, 0.2) is 0 Å². The van der Waals surface area contributed by atoms with Crippen molar-refractivity contribution in [2.75, 3.05) is 26.2 Å². The zero-order valence-electron chi connectivity index (χ0n) is 11.2. The lowest BCUT2D eigenvalue weighted by molar-refractivity contribution is 0.0322. The highest BCUT2D eigenvalue weighted by molar-refractivity contribution is 7.87. The first-order valence-corrected chi connectivity index (χ1v) is 8.71. The predicted molar refractivity (Wildman–Crippen MR) is 82.6 cm³/mol. The summed E-state index contributed by atoms with van der Waals surface area (Å²) in [6.07, 6.45) is -0.288. The van der Waals surface area contributed by atoms with Crippen LogP contribution in [0.2, 0.25) is 10.0 Å². The van der Waals surface area contributed by atoms with E-state index in [2.05, 4.69) is 10.0 Å². The number of rotatable bonds is 4. The number of ether oxygens (including phenoxy) is 1. The Morgan fingerprint density at radius 2 is 2.14 bits per heavy atom. The van der Waals surface area contributed by atoms with Crippen LogP contribution in [0, 0.1) is 5.92 Å². The molecule has 2 atom stereocenters. The third-order valence-electron chi connectivity index (χ3n) is 3.23. The summed E-state index contributed by atoms with van der Waals surface area (Å²) < 4.78 is 30.3. The van der Waals surface area contributed by atoms with Gasteiger partial charge in [-0.25, -0.2) is 9.86 Å². The van der Waals surface area contributed by atoms with Gasteiger partial charge in [0.1, 0.15) is 0 Å². The van der Waals surface area contributed by atoms with Crippen LogP contribution in [-0.2, 0) is 14.9 Å². The standard InChI is InChI=1S/C12H17Cl2N3O3S/c13-10-2-1-8(5-11(10)14)12-9(6-16-3-4-20-12)7-17-21(15,18)19/h1-2,5,9,12,16-17H,3-4,6-7H2,(H2,15,18,19). The first-order chi connectivity index (χ1) is 9.87. The van der Waals surface area contributed by atoms with Gasteiger partial charge < -0.3 is 10.1 Å². The molecule has 0 bridgehead atoms. The monoisotopic (exact) mass is 353 g/mol. The Hall–Kier alpha value is -0.410. The summed E-state index contributed by atoms with van der Waals surface area (Å²) in [6, 6.07) is 5.27. The maximum absolute atomic E-state index is 11.1. The van der Waals surface area contributed by atoms with E-state index in [1.165, 1.54) is 0 Å². The number of halogens is 2. The summed E-state index contributed by atoms with van der Waals surface area (Å²) in [5.41, 5.74) is 0.856. The Morgan fingerprint density at radius 1 is 1.38 bits per heavy atom. The molecule has 2 rings (SSSR count). The molecule has 0 aliphatic carbocycles. The maximum Gasteiger partial charge on any atom is 0.274 e. The molecule has 1 aromatic carbocycles. The molecule has 1 saturated heterocycles. The quantitative estimate of drug-likeness (QED) is 0.754. The summed E-state index contributed by atoms with van der Waals surface area (Å²) in [7, 11) is -3.74. The second kappa shape index (κ2) is 7.23. The van der Waals surface area contributed by atoms with Crippen LogP contribution in [0.4, 0.5) is 0 Å². The molecule has 6 nitrogen and oxygen atoms in total. The van der Waals surface area contributed by atoms with Gasteiger partial charge in [0.05, 0.1) is 22.8 Å². The Morgan fingerprint density at radius 3 is 2.81 bits per heavy atom. The molecule has 21 heavy (non-hydrogen) atoms. The van der Waals surface area contributed by atoms with Gasteiger partial charge in [-0.2, -0.15) is 8.42 Å². The van der Waals surface area contributed by atoms with Crippen molar-refractivity contribution in [3.05, 3.63) is 33.8 Å². The van der Waals surface area contributed by atoms with E-state index in [0.717, 1.165) is 5.56 Å². The lowest BCUT2D eigenvalue weighted by Gasteiger charge is -2.25. The van der Waals surface area contributed by atoms with E-state index >= 15 is 0 Å². The predicted octanol–water partition coefficient (Wildman–Crippen LogP) is 1.06. The molecule has 0 aromatic heterocycles. The molecule has 0 spiro atoms. The Bertz CT molecular complexity index is 597. The maximum atomic E-state index is 11.1. The summed E-state index contributed by atoms with van der Waals surface area (Å²) in [5.74, 6) is -0.108. The zero-order chi connectivity index (χ0) is 15.5. The van der Waals surface area contributed by atoms with Crippen LogP contribution in [0.25, 0.3) is 0 Å². The van der Waals surface area contributed by atoms with Gasteiger partial charge in [0.2, 0.25) is 0 Å². The Labute approximate surface area is 134 Å². The van der Waals surface area contributed by atoms with Crippen LogP contribution in [0.15, 0.2) is 18.2 Å². The Balaban J connectivity index is 2.20. The molecule has 118 valence electrons. The molecule has 2 unspecified atom stereocenters. The third-order valence-corrected chi connectivity index (χ3v) is 4.54. The van der Waals surface area contributed by atoms with E-state index in [0.29, 0.717) is 29.7 Å². The molecular weight excluding hydrogens is 337 g/mol. The van der Waals surface area contributed by atoms with Gasteiger partial charge in [0.25, 0.3) is 10.2 Å². The first-order valence-electron chi connectivity index (χ1n) is 6.41. The summed E-state index contributed by atoms with van der Waals surface area (Å²) in [4.78, 5) is 0. The SMILES string of the molecule is NS(=O)(=O)NCC1CNCCOC1c1ccc(Cl)c(Cl)c1. The van der Waals surface area contributed by atoms with Crippen molar-refractivity contribution in [3.63, 3.8) is 0 Å². The fourth-order valence-corrected chi connectivity index (χ4v) is 3.00. The zero-order valence-corrected chi connectivity index (χ0v) is 13.5. The van der Waals surface area contributed by atoms with E-state index in [9.17, 15) is 8.42 Å². The van der Waals surface area contributed by atoms with Gasteiger partial charge in [-0.3, -0.25) is 0 Å². The van der Waals surface area contributed by atoms with E-state index in [1.54, 1.807) is 12.1 Å². The fraction of sp³-hybridized carbons (Fsp3) is 0.500. The molecule has 0 radical (unpaired) electrons. The highest BCUT2D eigenvalue weighted by Gasteiger charge is 2.27. The average Bonchev–Trinajstić information content (AvgIpc) is 2.64. The lowest BCUT2D eigenvalue weighted by atomic mass is 9.95. The fourth-order valence-electron chi connectivity index (χ4n) is 2.25. The van der Waals surface area contributed by atoms with Crippen molar-refractivity contribution in [1.82, 2.24) is 10.0 Å². The van der Waals surface area contributed by atoms with Gasteiger partial charge >= 0.3 is 0 Å². The molecule has 1 aliphatic heterocycles. The summed E-state index contributed by atoms with van der Waals surface area (Å²) >= 11 is 12.0. The van der Waals surface area contributed by atoms with Gasteiger partial charge in [-0.15, -0.1) is 0 Å². The minimum Gasteiger partial charge on any atom is -0.372 e. The van der Waals surface area contributed by atoms with E-state index in [1.807, 2.05) is 6.07 Å². The molecule has 1 heterocycles.